The molecule has 0 fully saturated rings. The highest BCUT2D eigenvalue weighted by Gasteiger charge is 2.60. The summed E-state index contributed by atoms with van der Waals surface area (Å²) in [6.45, 7) is 0. The van der Waals surface area contributed by atoms with Gasteiger partial charge in [0.05, 0.1) is 14.2 Å². The Bertz CT molecular complexity index is 820. The average Bonchev–Trinajstić information content (AvgIpc) is 2.78. The summed E-state index contributed by atoms with van der Waals surface area (Å²) in [5.41, 5.74) is -1.10. The molecule has 0 saturated heterocycles. The zero-order valence-corrected chi connectivity index (χ0v) is 17.9. The molecule has 3 aromatic carbocycles. The number of hydrogen-bond acceptors (Lipinski definition) is 4. The predicted molar refractivity (Wildman–Crippen MR) is 120 cm³/mol. The second kappa shape index (κ2) is 10.2. The van der Waals surface area contributed by atoms with Crippen molar-refractivity contribution in [2.75, 3.05) is 14.2 Å². The lowest BCUT2D eigenvalue weighted by Crippen LogP contribution is -2.47. The zero-order valence-electron chi connectivity index (χ0n) is 16.2. The normalized spacial score (nSPS) is 10.7. The van der Waals surface area contributed by atoms with Crippen molar-refractivity contribution in [2.24, 2.45) is 0 Å². The molecule has 4 nitrogen and oxygen atoms in total. The highest BCUT2D eigenvalue weighted by atomic mass is 35.5. The monoisotopic (exact) mass is 429 g/mol. The van der Waals surface area contributed by atoms with Crippen LogP contribution in [-0.2, 0) is 19.1 Å². The van der Waals surface area contributed by atoms with E-state index in [9.17, 15) is 9.59 Å². The Morgan fingerprint density at radius 2 is 0.897 bits per heavy atom. The van der Waals surface area contributed by atoms with Gasteiger partial charge in [0.25, 0.3) is 5.66 Å². The minimum Gasteiger partial charge on any atom is -0.466 e. The maximum Gasteiger partial charge on any atom is 0.359 e. The van der Waals surface area contributed by atoms with Crippen LogP contribution in [0.3, 0.4) is 0 Å². The molecule has 6 heteroatoms. The summed E-state index contributed by atoms with van der Waals surface area (Å²) in [6.07, 6.45) is 0. The molecule has 0 radical (unpaired) electrons. The number of esters is 2. The first-order valence-corrected chi connectivity index (χ1v) is 10.7. The van der Waals surface area contributed by atoms with Gasteiger partial charge in [0.15, 0.2) is 0 Å². The van der Waals surface area contributed by atoms with E-state index in [1.54, 1.807) is 0 Å². The molecule has 0 aromatic heterocycles. The summed E-state index contributed by atoms with van der Waals surface area (Å²) in [7, 11) is -0.159. The molecular weight excluding hydrogens is 407 g/mol. The third kappa shape index (κ3) is 4.19. The Labute approximate surface area is 177 Å². The maximum atomic E-state index is 13.0. The van der Waals surface area contributed by atoms with E-state index in [2.05, 4.69) is 0 Å². The summed E-state index contributed by atoms with van der Waals surface area (Å²) in [4.78, 5) is 26.0. The molecule has 29 heavy (non-hydrogen) atoms. The average molecular weight is 430 g/mol. The number of hydrogen-bond donors (Lipinski definition) is 0. The predicted octanol–water partition coefficient (Wildman–Crippen LogP) is 3.12. The van der Waals surface area contributed by atoms with Crippen molar-refractivity contribution in [3.63, 3.8) is 0 Å². The van der Waals surface area contributed by atoms with Crippen LogP contribution in [0.25, 0.3) is 0 Å². The third-order valence-electron chi connectivity index (χ3n) is 4.73. The molecule has 0 unspecified atom stereocenters. The smallest absolute Gasteiger partial charge is 0.359 e. The van der Waals surface area contributed by atoms with E-state index in [4.69, 9.17) is 9.47 Å². The molecule has 3 rings (SSSR count). The van der Waals surface area contributed by atoms with Crippen LogP contribution >= 0.6 is 19.7 Å². The molecule has 0 aliphatic rings. The Hall–Kier alpha value is -2.68. The van der Waals surface area contributed by atoms with Crippen molar-refractivity contribution in [1.82, 2.24) is 0 Å². The van der Waals surface area contributed by atoms with Crippen molar-refractivity contribution in [1.29, 1.82) is 0 Å². The molecule has 0 atom stereocenters. The quantitative estimate of drug-likeness (QED) is 0.343. The van der Waals surface area contributed by atoms with E-state index in [-0.39, 0.29) is 12.4 Å². The van der Waals surface area contributed by atoms with Gasteiger partial charge in [-0.3, -0.25) is 0 Å². The van der Waals surface area contributed by atoms with Crippen molar-refractivity contribution >= 4 is 47.5 Å². The zero-order chi connectivity index (χ0) is 20.0. The summed E-state index contributed by atoms with van der Waals surface area (Å²) in [6, 6.07) is 29.0. The van der Waals surface area contributed by atoms with Crippen LogP contribution in [0.4, 0.5) is 0 Å². The van der Waals surface area contributed by atoms with Crippen molar-refractivity contribution in [2.45, 2.75) is 5.66 Å². The molecule has 0 aliphatic heterocycles. The standard InChI is InChI=1S/C23H22O4P.ClH/c1-26-22(24)21(23(25)27-2)28(18-12-6-3-7-13-18,19-14-8-4-9-15-19)20-16-10-5-11-17-20;/h3-17,21H,1-2H3;1H/q+1;. The Morgan fingerprint density at radius 1 is 0.621 bits per heavy atom. The highest BCUT2D eigenvalue weighted by molar-refractivity contribution is 7.97. The number of halogens is 1. The van der Waals surface area contributed by atoms with Gasteiger partial charge in [-0.2, -0.15) is 0 Å². The van der Waals surface area contributed by atoms with Crippen LogP contribution < -0.4 is 15.9 Å². The maximum absolute atomic E-state index is 13.0. The molecule has 0 amide bonds. The van der Waals surface area contributed by atoms with E-state index < -0.39 is 24.9 Å². The topological polar surface area (TPSA) is 52.6 Å². The third-order valence-corrected chi connectivity index (χ3v) is 9.26. The van der Waals surface area contributed by atoms with Crippen LogP contribution in [0.1, 0.15) is 0 Å². The first-order chi connectivity index (χ1) is 13.7. The van der Waals surface area contributed by atoms with Gasteiger partial charge in [0.2, 0.25) is 0 Å². The van der Waals surface area contributed by atoms with Gasteiger partial charge in [-0.15, -0.1) is 12.4 Å². The fraction of sp³-hybridized carbons (Fsp3) is 0.130. The van der Waals surface area contributed by atoms with Crippen LogP contribution in [0.5, 0.6) is 0 Å². The lowest BCUT2D eigenvalue weighted by atomic mass is 10.3. The van der Waals surface area contributed by atoms with Crippen LogP contribution in [0.2, 0.25) is 0 Å². The lowest BCUT2D eigenvalue weighted by Gasteiger charge is -2.31. The highest BCUT2D eigenvalue weighted by Crippen LogP contribution is 2.60. The molecule has 0 spiro atoms. The number of methoxy groups -OCH3 is 2. The molecule has 0 aliphatic carbocycles. The largest absolute Gasteiger partial charge is 0.466 e. The molecule has 0 bridgehead atoms. The van der Waals surface area contributed by atoms with Crippen LogP contribution in [-0.4, -0.2) is 31.8 Å². The Morgan fingerprint density at radius 3 is 1.14 bits per heavy atom. The van der Waals surface area contributed by atoms with Gasteiger partial charge in [-0.1, -0.05) is 54.6 Å². The number of carbonyl (C=O) groups is 2. The van der Waals surface area contributed by atoms with E-state index in [1.165, 1.54) is 14.2 Å². The molecule has 150 valence electrons. The SMILES string of the molecule is COC(=O)C(C(=O)OC)[P+](c1ccccc1)(c1ccccc1)c1ccccc1.Cl. The molecule has 0 N–H and O–H groups in total. The lowest BCUT2D eigenvalue weighted by molar-refractivity contribution is -0.150. The summed E-state index contributed by atoms with van der Waals surface area (Å²) < 4.78 is 10.2. The van der Waals surface area contributed by atoms with Gasteiger partial charge in [-0.05, 0) is 36.4 Å². The Balaban J connectivity index is 0.00000300. The first-order valence-electron chi connectivity index (χ1n) is 8.87. The Kier molecular flexibility index (Phi) is 7.95. The van der Waals surface area contributed by atoms with E-state index in [1.807, 2.05) is 91.0 Å². The fourth-order valence-electron chi connectivity index (χ4n) is 3.52. The number of rotatable bonds is 6. The molecular formula is C23H23ClO4P+. The second-order valence-corrected chi connectivity index (χ2v) is 9.69. The number of carbonyl (C=O) groups excluding carboxylic acids is 2. The van der Waals surface area contributed by atoms with Crippen molar-refractivity contribution < 1.29 is 19.1 Å². The van der Waals surface area contributed by atoms with Gasteiger partial charge < -0.3 is 9.47 Å². The van der Waals surface area contributed by atoms with Gasteiger partial charge in [0.1, 0.15) is 23.2 Å². The first kappa shape index (κ1) is 22.6. The number of ether oxygens (including phenoxy) is 2. The minimum atomic E-state index is -2.76. The van der Waals surface area contributed by atoms with Gasteiger partial charge in [0, 0.05) is 0 Å². The van der Waals surface area contributed by atoms with Gasteiger partial charge >= 0.3 is 11.9 Å². The second-order valence-electron chi connectivity index (χ2n) is 6.18. The van der Waals surface area contributed by atoms with E-state index in [0.29, 0.717) is 0 Å². The van der Waals surface area contributed by atoms with Crippen LogP contribution in [0, 0.1) is 0 Å². The molecule has 0 heterocycles. The number of benzene rings is 3. The van der Waals surface area contributed by atoms with Crippen molar-refractivity contribution in [3.8, 4) is 0 Å². The van der Waals surface area contributed by atoms with E-state index >= 15 is 0 Å². The van der Waals surface area contributed by atoms with Crippen LogP contribution in [0.15, 0.2) is 91.0 Å². The summed E-state index contributed by atoms with van der Waals surface area (Å²) in [5, 5.41) is 2.73. The van der Waals surface area contributed by atoms with Gasteiger partial charge in [-0.25, -0.2) is 9.59 Å². The summed E-state index contributed by atoms with van der Waals surface area (Å²) in [5.74, 6) is -1.20. The summed E-state index contributed by atoms with van der Waals surface area (Å²) >= 11 is 0. The van der Waals surface area contributed by atoms with Crippen molar-refractivity contribution in [3.05, 3.63) is 91.0 Å². The molecule has 0 saturated carbocycles. The van der Waals surface area contributed by atoms with E-state index in [0.717, 1.165) is 15.9 Å². The molecule has 3 aromatic rings. The fourth-order valence-corrected chi connectivity index (χ4v) is 8.08. The minimum absolute atomic E-state index is 0.